The van der Waals surface area contributed by atoms with E-state index in [4.69, 9.17) is 19.6 Å². The summed E-state index contributed by atoms with van der Waals surface area (Å²) in [5.74, 6) is 2.03. The second kappa shape index (κ2) is 13.9. The monoisotopic (exact) mass is 562 g/mol. The van der Waals surface area contributed by atoms with Crippen LogP contribution < -0.4 is 19.7 Å². The molecule has 3 aromatic carbocycles. The Bertz CT molecular complexity index is 1320. The standard InChI is InChI=1S/C33H42N2O6/c1-7-23-14-21(4)15-24(8-2)32(23)34-31(36)20-35-19-27(17-29(35)25-10-12-28(13-11-25)40-41-37)26-16-22(5)33(39-9-3)30(18-26)38-6/h10-16,18,27,29,37H,7-9,17,19-20H2,1-6H3,(H,34,36)/t27-,29-/m1/s1. The van der Waals surface area contributed by atoms with Crippen molar-refractivity contribution in [2.24, 2.45) is 0 Å². The summed E-state index contributed by atoms with van der Waals surface area (Å²) in [7, 11) is 1.66. The maximum absolute atomic E-state index is 13.6. The van der Waals surface area contributed by atoms with Crippen molar-refractivity contribution in [1.82, 2.24) is 4.90 Å². The molecular formula is C33H42N2O6. The molecule has 1 fully saturated rings. The molecule has 8 heteroatoms. The van der Waals surface area contributed by atoms with Crippen molar-refractivity contribution in [3.05, 3.63) is 81.9 Å². The van der Waals surface area contributed by atoms with E-state index in [2.05, 4.69) is 60.3 Å². The maximum Gasteiger partial charge on any atom is 0.238 e. The average molecular weight is 563 g/mol. The Labute approximate surface area is 243 Å². The van der Waals surface area contributed by atoms with Gasteiger partial charge in [-0.25, -0.2) is 5.26 Å². The van der Waals surface area contributed by atoms with Crippen molar-refractivity contribution in [2.75, 3.05) is 32.1 Å². The Morgan fingerprint density at radius 1 is 1.00 bits per heavy atom. The SMILES string of the molecule is CCOc1c(C)cc([C@@H]2C[C@H](c3ccc(OOO)cc3)N(CC(=O)Nc3c(CC)cc(C)cc3CC)C2)cc1OC. The van der Waals surface area contributed by atoms with Crippen LogP contribution in [0.4, 0.5) is 5.69 Å². The van der Waals surface area contributed by atoms with Gasteiger partial charge in [-0.15, -0.1) is 0 Å². The molecule has 1 saturated heterocycles. The molecule has 0 bridgehead atoms. The summed E-state index contributed by atoms with van der Waals surface area (Å²) in [5, 5.41) is 15.7. The van der Waals surface area contributed by atoms with E-state index >= 15 is 0 Å². The van der Waals surface area contributed by atoms with Gasteiger partial charge in [-0.05, 0) is 97.0 Å². The van der Waals surface area contributed by atoms with Crippen molar-refractivity contribution in [3.8, 4) is 17.2 Å². The normalized spacial score (nSPS) is 17.0. The molecular weight excluding hydrogens is 520 g/mol. The molecule has 8 nitrogen and oxygen atoms in total. The number of methoxy groups -OCH3 is 1. The van der Waals surface area contributed by atoms with Gasteiger partial charge in [0.25, 0.3) is 0 Å². The number of ether oxygens (including phenoxy) is 2. The first-order valence-corrected chi connectivity index (χ1v) is 14.4. The highest BCUT2D eigenvalue weighted by atomic mass is 17.5. The molecule has 0 saturated carbocycles. The number of nitrogens with zero attached hydrogens (tertiary/aromatic N) is 1. The van der Waals surface area contributed by atoms with Crippen LogP contribution in [0.25, 0.3) is 0 Å². The number of carbonyl (C=O) groups is 1. The zero-order valence-corrected chi connectivity index (χ0v) is 25.0. The van der Waals surface area contributed by atoms with Crippen molar-refractivity contribution < 1.29 is 29.5 Å². The minimum atomic E-state index is -0.0296. The Morgan fingerprint density at radius 3 is 2.27 bits per heavy atom. The number of amides is 1. The van der Waals surface area contributed by atoms with Gasteiger partial charge in [0.1, 0.15) is 0 Å². The molecule has 1 amide bonds. The van der Waals surface area contributed by atoms with E-state index in [1.807, 2.05) is 26.0 Å². The molecule has 1 aliphatic heterocycles. The quantitative estimate of drug-likeness (QED) is 0.186. The third kappa shape index (κ3) is 7.01. The molecule has 41 heavy (non-hydrogen) atoms. The van der Waals surface area contributed by atoms with E-state index in [0.717, 1.165) is 64.3 Å². The summed E-state index contributed by atoms with van der Waals surface area (Å²) in [6, 6.07) is 15.9. The third-order valence-electron chi connectivity index (χ3n) is 7.86. The van der Waals surface area contributed by atoms with Crippen LogP contribution in [0.3, 0.4) is 0 Å². The van der Waals surface area contributed by atoms with Gasteiger partial charge in [0.05, 0.1) is 20.3 Å². The zero-order valence-electron chi connectivity index (χ0n) is 25.0. The predicted octanol–water partition coefficient (Wildman–Crippen LogP) is 6.79. The number of anilines is 1. The number of rotatable bonds is 12. The summed E-state index contributed by atoms with van der Waals surface area (Å²) in [4.78, 5) is 20.6. The minimum Gasteiger partial charge on any atom is -0.493 e. The lowest BCUT2D eigenvalue weighted by atomic mass is 9.92. The second-order valence-electron chi connectivity index (χ2n) is 10.6. The van der Waals surface area contributed by atoms with Crippen LogP contribution in [0.1, 0.15) is 72.5 Å². The predicted molar refractivity (Wildman–Crippen MR) is 160 cm³/mol. The highest BCUT2D eigenvalue weighted by Gasteiger charge is 2.36. The van der Waals surface area contributed by atoms with E-state index in [9.17, 15) is 4.79 Å². The number of hydrogen-bond acceptors (Lipinski definition) is 7. The van der Waals surface area contributed by atoms with E-state index in [1.165, 1.54) is 5.56 Å². The van der Waals surface area contributed by atoms with Gasteiger partial charge in [0.15, 0.2) is 17.2 Å². The molecule has 1 aliphatic rings. The lowest BCUT2D eigenvalue weighted by Crippen LogP contribution is -2.33. The fourth-order valence-corrected chi connectivity index (χ4v) is 5.96. The molecule has 2 N–H and O–H groups in total. The first-order chi connectivity index (χ1) is 19.8. The van der Waals surface area contributed by atoms with Gasteiger partial charge < -0.3 is 19.7 Å². The van der Waals surface area contributed by atoms with Crippen LogP contribution in [-0.2, 0) is 22.7 Å². The maximum atomic E-state index is 13.6. The lowest BCUT2D eigenvalue weighted by molar-refractivity contribution is -0.438. The van der Waals surface area contributed by atoms with Crippen molar-refractivity contribution in [1.29, 1.82) is 0 Å². The summed E-state index contributed by atoms with van der Waals surface area (Å²) in [6.07, 6.45) is 2.53. The highest BCUT2D eigenvalue weighted by molar-refractivity contribution is 5.94. The molecule has 0 spiro atoms. The van der Waals surface area contributed by atoms with E-state index in [1.54, 1.807) is 19.2 Å². The second-order valence-corrected chi connectivity index (χ2v) is 10.6. The van der Waals surface area contributed by atoms with Crippen LogP contribution in [-0.4, -0.2) is 42.9 Å². The largest absolute Gasteiger partial charge is 0.493 e. The van der Waals surface area contributed by atoms with E-state index in [0.29, 0.717) is 18.9 Å². The Balaban J connectivity index is 1.63. The number of carbonyl (C=O) groups excluding carboxylic acids is 1. The van der Waals surface area contributed by atoms with Crippen LogP contribution in [0.15, 0.2) is 48.5 Å². The molecule has 4 rings (SSSR count). The molecule has 2 atom stereocenters. The van der Waals surface area contributed by atoms with Gasteiger partial charge in [-0.2, -0.15) is 0 Å². The lowest BCUT2D eigenvalue weighted by Gasteiger charge is -2.25. The first kappa shape index (κ1) is 30.4. The van der Waals surface area contributed by atoms with Crippen LogP contribution in [0, 0.1) is 13.8 Å². The zero-order chi connectivity index (χ0) is 29.5. The average Bonchev–Trinajstić information content (AvgIpc) is 3.38. The Kier molecular flexibility index (Phi) is 10.3. The number of benzene rings is 3. The number of likely N-dealkylation sites (tertiary alicyclic amines) is 1. The molecule has 0 aromatic heterocycles. The smallest absolute Gasteiger partial charge is 0.238 e. The Hall–Kier alpha value is -3.59. The van der Waals surface area contributed by atoms with Crippen LogP contribution >= 0.6 is 0 Å². The fraction of sp³-hybridized carbons (Fsp3) is 0.424. The number of aryl methyl sites for hydroxylation is 4. The fourth-order valence-electron chi connectivity index (χ4n) is 5.96. The highest BCUT2D eigenvalue weighted by Crippen LogP contribution is 2.44. The van der Waals surface area contributed by atoms with Gasteiger partial charge in [-0.1, -0.05) is 49.7 Å². The topological polar surface area (TPSA) is 89.5 Å². The molecule has 0 aliphatic carbocycles. The van der Waals surface area contributed by atoms with E-state index in [-0.39, 0.29) is 24.4 Å². The summed E-state index contributed by atoms with van der Waals surface area (Å²) >= 11 is 0. The van der Waals surface area contributed by atoms with E-state index < -0.39 is 0 Å². The first-order valence-electron chi connectivity index (χ1n) is 14.4. The summed E-state index contributed by atoms with van der Waals surface area (Å²) < 4.78 is 11.5. The minimum absolute atomic E-state index is 0.00187. The van der Waals surface area contributed by atoms with Gasteiger partial charge in [-0.3, -0.25) is 9.69 Å². The number of hydrogen-bond donors (Lipinski definition) is 2. The van der Waals surface area contributed by atoms with Crippen molar-refractivity contribution in [3.63, 3.8) is 0 Å². The van der Waals surface area contributed by atoms with Crippen LogP contribution in [0.2, 0.25) is 0 Å². The number of nitrogens with one attached hydrogen (secondary N) is 1. The molecule has 0 unspecified atom stereocenters. The van der Waals surface area contributed by atoms with Gasteiger partial charge in [0, 0.05) is 18.3 Å². The van der Waals surface area contributed by atoms with Crippen LogP contribution in [0.5, 0.6) is 17.2 Å². The molecule has 3 aromatic rings. The third-order valence-corrected chi connectivity index (χ3v) is 7.86. The summed E-state index contributed by atoms with van der Waals surface area (Å²) in [6.45, 7) is 11.9. The van der Waals surface area contributed by atoms with Gasteiger partial charge in [0.2, 0.25) is 5.91 Å². The van der Waals surface area contributed by atoms with Crippen molar-refractivity contribution in [2.45, 2.75) is 65.8 Å². The molecule has 0 radical (unpaired) electrons. The Morgan fingerprint density at radius 2 is 1.68 bits per heavy atom. The summed E-state index contributed by atoms with van der Waals surface area (Å²) in [5.41, 5.74) is 7.70. The molecule has 220 valence electrons. The molecule has 1 heterocycles. The van der Waals surface area contributed by atoms with Crippen molar-refractivity contribution >= 4 is 11.6 Å². The van der Waals surface area contributed by atoms with Gasteiger partial charge >= 0.3 is 0 Å².